The van der Waals surface area contributed by atoms with Gasteiger partial charge < -0.3 is 9.13 Å². The van der Waals surface area contributed by atoms with E-state index in [4.69, 9.17) is 0 Å². The fourth-order valence-corrected chi connectivity index (χ4v) is 1.46. The zero-order chi connectivity index (χ0) is 10.8. The average Bonchev–Trinajstić information content (AvgIpc) is 2.84. The third-order valence-electron chi connectivity index (χ3n) is 2.31. The monoisotopic (exact) mass is 204 g/mol. The average molecular weight is 204 g/mol. The second kappa shape index (κ2) is 3.68. The third-order valence-corrected chi connectivity index (χ3v) is 2.31. The first kappa shape index (κ1) is 9.64. The van der Waals surface area contributed by atoms with E-state index in [2.05, 4.69) is 9.97 Å². The number of carbonyl (C=O) groups excluding carboxylic acids is 1. The molecule has 5 heteroatoms. The maximum absolute atomic E-state index is 12.0. The van der Waals surface area contributed by atoms with Crippen LogP contribution in [0.3, 0.4) is 0 Å². The first-order valence-corrected chi connectivity index (χ1v) is 4.76. The summed E-state index contributed by atoms with van der Waals surface area (Å²) in [5.74, 6) is 0.364. The van der Waals surface area contributed by atoms with E-state index in [0.29, 0.717) is 11.5 Å². The molecule has 0 saturated carbocycles. The van der Waals surface area contributed by atoms with Crippen LogP contribution in [-0.2, 0) is 13.6 Å². The van der Waals surface area contributed by atoms with Gasteiger partial charge in [-0.25, -0.2) is 9.97 Å². The highest BCUT2D eigenvalue weighted by Crippen LogP contribution is 2.06. The maximum atomic E-state index is 12.0. The molecule has 0 amide bonds. The van der Waals surface area contributed by atoms with Gasteiger partial charge in [-0.3, -0.25) is 4.79 Å². The van der Waals surface area contributed by atoms with Crippen molar-refractivity contribution in [2.45, 2.75) is 13.5 Å². The lowest BCUT2D eigenvalue weighted by atomic mass is 10.3. The van der Waals surface area contributed by atoms with Gasteiger partial charge in [0.1, 0.15) is 5.69 Å². The van der Waals surface area contributed by atoms with Gasteiger partial charge in [-0.2, -0.15) is 0 Å². The van der Waals surface area contributed by atoms with E-state index in [9.17, 15) is 4.79 Å². The Kier molecular flexibility index (Phi) is 2.37. The van der Waals surface area contributed by atoms with Crippen molar-refractivity contribution in [2.75, 3.05) is 0 Å². The summed E-state index contributed by atoms with van der Waals surface area (Å²) in [6.07, 6.45) is 6.58. The number of rotatable bonds is 3. The highest BCUT2D eigenvalue weighted by molar-refractivity contribution is 6.05. The van der Waals surface area contributed by atoms with Gasteiger partial charge in [-0.15, -0.1) is 0 Å². The normalized spacial score (nSPS) is 10.5. The maximum Gasteiger partial charge on any atom is 0.246 e. The number of nitrogens with zero attached hydrogens (tertiary/aromatic N) is 4. The smallest absolute Gasteiger partial charge is 0.246 e. The fourth-order valence-electron chi connectivity index (χ4n) is 1.46. The Labute approximate surface area is 87.4 Å². The summed E-state index contributed by atoms with van der Waals surface area (Å²) in [5.41, 5.74) is 0.552. The number of hydrogen-bond acceptors (Lipinski definition) is 3. The van der Waals surface area contributed by atoms with Gasteiger partial charge in [0.2, 0.25) is 5.78 Å². The molecule has 0 fully saturated rings. The van der Waals surface area contributed by atoms with Crippen molar-refractivity contribution < 1.29 is 4.79 Å². The Hall–Kier alpha value is -1.91. The quantitative estimate of drug-likeness (QED) is 0.697. The minimum Gasteiger partial charge on any atom is -0.331 e. The molecule has 0 aliphatic carbocycles. The van der Waals surface area contributed by atoms with Crippen LogP contribution in [0.25, 0.3) is 0 Å². The molecular weight excluding hydrogens is 192 g/mol. The number of aryl methyl sites for hydroxylation is 2. The summed E-state index contributed by atoms with van der Waals surface area (Å²) < 4.78 is 3.51. The molecule has 0 bridgehead atoms. The highest BCUT2D eigenvalue weighted by Gasteiger charge is 2.17. The molecule has 0 aliphatic rings. The van der Waals surface area contributed by atoms with Crippen LogP contribution in [0.4, 0.5) is 0 Å². The minimum absolute atomic E-state index is 0.0955. The summed E-state index contributed by atoms with van der Waals surface area (Å²) in [5, 5.41) is 0. The molecule has 2 heterocycles. The molecule has 0 radical (unpaired) electrons. The Morgan fingerprint density at radius 1 is 1.53 bits per heavy atom. The standard InChI is InChI=1S/C10H12N4O/c1-3-14-5-4-12-10(14)9(15)8-6-11-7-13(8)2/h4-7H,3H2,1-2H3. The van der Waals surface area contributed by atoms with Crippen LogP contribution in [0, 0.1) is 0 Å². The van der Waals surface area contributed by atoms with E-state index in [-0.39, 0.29) is 5.78 Å². The van der Waals surface area contributed by atoms with Crippen molar-refractivity contribution >= 4 is 5.78 Å². The van der Waals surface area contributed by atoms with Gasteiger partial charge >= 0.3 is 0 Å². The van der Waals surface area contributed by atoms with Crippen LogP contribution in [0.15, 0.2) is 24.9 Å². The predicted molar refractivity (Wildman–Crippen MR) is 54.5 cm³/mol. The lowest BCUT2D eigenvalue weighted by Crippen LogP contribution is -2.13. The topological polar surface area (TPSA) is 52.7 Å². The summed E-state index contributed by atoms with van der Waals surface area (Å²) in [6, 6.07) is 0. The van der Waals surface area contributed by atoms with E-state index in [1.165, 1.54) is 0 Å². The van der Waals surface area contributed by atoms with Crippen molar-refractivity contribution in [1.29, 1.82) is 0 Å². The van der Waals surface area contributed by atoms with Crippen LogP contribution in [0.1, 0.15) is 23.2 Å². The second-order valence-electron chi connectivity index (χ2n) is 3.26. The van der Waals surface area contributed by atoms with Gasteiger partial charge in [0.15, 0.2) is 5.82 Å². The molecule has 0 aromatic carbocycles. The molecule has 0 N–H and O–H groups in total. The van der Waals surface area contributed by atoms with Crippen molar-refractivity contribution in [3.05, 3.63) is 36.4 Å². The van der Waals surface area contributed by atoms with Crippen molar-refractivity contribution in [1.82, 2.24) is 19.1 Å². The van der Waals surface area contributed by atoms with E-state index in [1.54, 1.807) is 36.5 Å². The van der Waals surface area contributed by atoms with E-state index < -0.39 is 0 Å². The largest absolute Gasteiger partial charge is 0.331 e. The number of hydrogen-bond donors (Lipinski definition) is 0. The van der Waals surface area contributed by atoms with Crippen LogP contribution in [-0.4, -0.2) is 24.9 Å². The van der Waals surface area contributed by atoms with Crippen molar-refractivity contribution in [3.8, 4) is 0 Å². The third kappa shape index (κ3) is 1.56. The zero-order valence-electron chi connectivity index (χ0n) is 8.71. The Morgan fingerprint density at radius 3 is 2.93 bits per heavy atom. The van der Waals surface area contributed by atoms with Crippen molar-refractivity contribution in [3.63, 3.8) is 0 Å². The molecule has 5 nitrogen and oxygen atoms in total. The first-order valence-electron chi connectivity index (χ1n) is 4.76. The van der Waals surface area contributed by atoms with Gasteiger partial charge in [-0.05, 0) is 6.92 Å². The van der Waals surface area contributed by atoms with Gasteiger partial charge in [-0.1, -0.05) is 0 Å². The molecule has 2 aromatic heterocycles. The molecule has 78 valence electrons. The number of ketones is 1. The summed E-state index contributed by atoms with van der Waals surface area (Å²) >= 11 is 0. The molecule has 0 aliphatic heterocycles. The summed E-state index contributed by atoms with van der Waals surface area (Å²) in [4.78, 5) is 20.0. The predicted octanol–water partition coefficient (Wildman–Crippen LogP) is 0.867. The highest BCUT2D eigenvalue weighted by atomic mass is 16.1. The fraction of sp³-hybridized carbons (Fsp3) is 0.300. The molecule has 0 unspecified atom stereocenters. The Bertz CT molecular complexity index is 483. The number of carbonyl (C=O) groups is 1. The molecule has 2 aromatic rings. The molecule has 0 saturated heterocycles. The lowest BCUT2D eigenvalue weighted by molar-refractivity contribution is 0.101. The van der Waals surface area contributed by atoms with E-state index in [0.717, 1.165) is 6.54 Å². The molecule has 2 rings (SSSR count). The van der Waals surface area contributed by atoms with Crippen LogP contribution in [0.2, 0.25) is 0 Å². The Morgan fingerprint density at radius 2 is 2.33 bits per heavy atom. The molecular formula is C10H12N4O. The molecule has 0 atom stereocenters. The van der Waals surface area contributed by atoms with E-state index in [1.807, 2.05) is 11.5 Å². The summed E-state index contributed by atoms with van der Waals surface area (Å²) in [7, 11) is 1.79. The molecule has 0 spiro atoms. The van der Waals surface area contributed by atoms with Gasteiger partial charge in [0, 0.05) is 26.0 Å². The lowest BCUT2D eigenvalue weighted by Gasteiger charge is -2.03. The number of imidazole rings is 2. The Balaban J connectivity index is 2.41. The van der Waals surface area contributed by atoms with Gasteiger partial charge in [0.25, 0.3) is 0 Å². The SMILES string of the molecule is CCn1ccnc1C(=O)c1cncn1C. The van der Waals surface area contributed by atoms with Gasteiger partial charge in [0.05, 0.1) is 12.5 Å². The van der Waals surface area contributed by atoms with Crippen molar-refractivity contribution in [2.24, 2.45) is 7.05 Å². The minimum atomic E-state index is -0.0955. The van der Waals surface area contributed by atoms with Crippen LogP contribution in [0.5, 0.6) is 0 Å². The van der Waals surface area contributed by atoms with E-state index >= 15 is 0 Å². The number of aromatic nitrogens is 4. The first-order chi connectivity index (χ1) is 7.24. The van der Waals surface area contributed by atoms with Crippen LogP contribution >= 0.6 is 0 Å². The summed E-state index contributed by atoms with van der Waals surface area (Å²) in [6.45, 7) is 2.71. The van der Waals surface area contributed by atoms with Crippen LogP contribution < -0.4 is 0 Å². The second-order valence-corrected chi connectivity index (χ2v) is 3.26. The molecule has 15 heavy (non-hydrogen) atoms. The zero-order valence-corrected chi connectivity index (χ0v) is 8.71.